The van der Waals surface area contributed by atoms with Crippen LogP contribution in [0.3, 0.4) is 0 Å². The molecule has 48 heavy (non-hydrogen) atoms. The van der Waals surface area contributed by atoms with E-state index in [1.54, 1.807) is 0 Å². The molecule has 0 saturated carbocycles. The molecule has 1 N–H and O–H groups in total. The van der Waals surface area contributed by atoms with Crippen LogP contribution >= 0.6 is 0 Å². The van der Waals surface area contributed by atoms with E-state index >= 15 is 0 Å². The summed E-state index contributed by atoms with van der Waals surface area (Å²) in [5, 5.41) is 9.84. The van der Waals surface area contributed by atoms with Crippen LogP contribution in [0, 0.1) is 0 Å². The van der Waals surface area contributed by atoms with Crippen LogP contribution in [-0.4, -0.2) is 99.0 Å². The number of carboxylic acids is 1. The molecule has 0 atom stereocenters. The van der Waals surface area contributed by atoms with E-state index in [-0.39, 0.29) is 28.9 Å². The van der Waals surface area contributed by atoms with E-state index in [1.807, 2.05) is 27.0 Å². The topological polar surface area (TPSA) is 93.4 Å². The van der Waals surface area contributed by atoms with Gasteiger partial charge in [-0.1, -0.05) is 81.4 Å². The molecule has 9 heteroatoms. The van der Waals surface area contributed by atoms with E-state index in [2.05, 4.69) is 41.4 Å². The van der Waals surface area contributed by atoms with Crippen LogP contribution in [0.5, 0.6) is 0 Å². The maximum absolute atomic E-state index is 12.4. The molecule has 3 saturated heterocycles. The predicted octanol–water partition coefficient (Wildman–Crippen LogP) is 6.68. The van der Waals surface area contributed by atoms with Crippen LogP contribution in [-0.2, 0) is 20.8 Å². The molecule has 1 aliphatic carbocycles. The molecule has 0 amide bonds. The van der Waals surface area contributed by atoms with Gasteiger partial charge in [0.25, 0.3) is 0 Å². The standard InChI is InChI=1S/C27H39NO2.C12H13N3O2.Al/c29-26(30)22-15-13-11-9-7-5-3-1-2-4-6-8-10-12-14-18-24-19-16-20-25-21-17-23-28-27(24)25;16-9-7-8(13-1-2-13)12(17)11(15-5-6-15)10(9)14-3-4-14;/h1,3,16-17,19-21,23H,2,4-15,18,22H2,(H,29,30);7H,1-6H2;/b3-1-;;. The molecule has 2 aromatic rings. The summed E-state index contributed by atoms with van der Waals surface area (Å²) in [5.74, 6) is -0.621. The highest BCUT2D eigenvalue weighted by Gasteiger charge is 2.43. The van der Waals surface area contributed by atoms with Crippen molar-refractivity contribution in [2.24, 2.45) is 0 Å². The van der Waals surface area contributed by atoms with E-state index in [4.69, 9.17) is 5.11 Å². The number of para-hydroxylation sites is 1. The lowest BCUT2D eigenvalue weighted by molar-refractivity contribution is -0.137. The first-order valence-corrected chi connectivity index (χ1v) is 18.0. The maximum atomic E-state index is 12.4. The minimum atomic E-state index is -0.670. The van der Waals surface area contributed by atoms with Crippen molar-refractivity contribution in [3.63, 3.8) is 0 Å². The third-order valence-electron chi connectivity index (χ3n) is 9.20. The number of aromatic nitrogens is 1. The summed E-state index contributed by atoms with van der Waals surface area (Å²) in [6, 6.07) is 10.7. The second-order valence-electron chi connectivity index (χ2n) is 13.2. The predicted molar refractivity (Wildman–Crippen MR) is 192 cm³/mol. The summed E-state index contributed by atoms with van der Waals surface area (Å²) in [6.07, 6.45) is 25.3. The molecule has 1 aromatic heterocycles. The van der Waals surface area contributed by atoms with Crippen LogP contribution in [0.25, 0.3) is 10.9 Å². The zero-order chi connectivity index (χ0) is 32.8. The van der Waals surface area contributed by atoms with Gasteiger partial charge < -0.3 is 19.8 Å². The Kier molecular flexibility index (Phi) is 15.2. The maximum Gasteiger partial charge on any atom is 0.303 e. The molecule has 0 unspecified atom stereocenters. The number of rotatable bonds is 20. The largest absolute Gasteiger partial charge is 0.481 e. The van der Waals surface area contributed by atoms with E-state index in [9.17, 15) is 14.4 Å². The van der Waals surface area contributed by atoms with Crippen molar-refractivity contribution in [1.82, 2.24) is 19.7 Å². The Morgan fingerprint density at radius 1 is 0.708 bits per heavy atom. The van der Waals surface area contributed by atoms with Gasteiger partial charge in [-0.3, -0.25) is 19.4 Å². The number of unbranched alkanes of at least 4 members (excludes halogenated alkanes) is 11. The molecule has 8 nitrogen and oxygen atoms in total. The number of hydrogen-bond acceptors (Lipinski definition) is 7. The normalized spacial score (nSPS) is 16.6. The van der Waals surface area contributed by atoms with Crippen LogP contribution < -0.4 is 0 Å². The molecule has 3 fully saturated rings. The van der Waals surface area contributed by atoms with Gasteiger partial charge in [0, 0.05) is 80.7 Å². The van der Waals surface area contributed by atoms with E-state index in [1.165, 1.54) is 86.8 Å². The fourth-order valence-electron chi connectivity index (χ4n) is 6.23. The number of carboxylic acid groups (broad SMARTS) is 1. The zero-order valence-corrected chi connectivity index (χ0v) is 29.7. The lowest BCUT2D eigenvalue weighted by atomic mass is 10.0. The molecule has 1 aromatic carbocycles. The Morgan fingerprint density at radius 3 is 1.90 bits per heavy atom. The van der Waals surface area contributed by atoms with Gasteiger partial charge in [0.2, 0.25) is 11.6 Å². The second-order valence-corrected chi connectivity index (χ2v) is 13.2. The van der Waals surface area contributed by atoms with Crippen molar-refractivity contribution in [3.05, 3.63) is 77.4 Å². The smallest absolute Gasteiger partial charge is 0.303 e. The lowest BCUT2D eigenvalue weighted by Crippen LogP contribution is -2.29. The number of Topliss-reactive ketones (excluding diaryl/α,β-unsaturated/α-hetero) is 1. The number of allylic oxidation sites excluding steroid dienone is 3. The molecule has 4 aliphatic rings. The van der Waals surface area contributed by atoms with Gasteiger partial charge in [-0.05, 0) is 56.6 Å². The Balaban J connectivity index is 0.000000241. The van der Waals surface area contributed by atoms with Crippen molar-refractivity contribution in [3.8, 4) is 0 Å². The number of carbonyl (C=O) groups is 3. The van der Waals surface area contributed by atoms with Crippen LogP contribution in [0.15, 0.2) is 71.8 Å². The Hall–Kier alpha value is -3.41. The average molecular weight is 668 g/mol. The number of hydrogen-bond donors (Lipinski definition) is 1. The Bertz CT molecular complexity index is 1470. The zero-order valence-electron chi connectivity index (χ0n) is 28.6. The molecule has 0 spiro atoms. The molecular formula is C39H52AlN4O4. The lowest BCUT2D eigenvalue weighted by Gasteiger charge is -2.21. The number of nitrogens with zero attached hydrogens (tertiary/aromatic N) is 4. The first-order chi connectivity index (χ1) is 23.0. The van der Waals surface area contributed by atoms with Crippen molar-refractivity contribution in [1.29, 1.82) is 0 Å². The van der Waals surface area contributed by atoms with Gasteiger partial charge >= 0.3 is 5.97 Å². The quantitative estimate of drug-likeness (QED) is 0.0550. The Morgan fingerprint density at radius 2 is 1.27 bits per heavy atom. The van der Waals surface area contributed by atoms with Gasteiger partial charge in [0.15, 0.2) is 0 Å². The first kappa shape index (κ1) is 37.4. The average Bonchev–Trinajstić information content (AvgIpc) is 3.91. The fraction of sp³-hybridized carbons (Fsp3) is 0.538. The van der Waals surface area contributed by atoms with Gasteiger partial charge in [-0.15, -0.1) is 0 Å². The van der Waals surface area contributed by atoms with Gasteiger partial charge in [0.1, 0.15) is 11.4 Å². The third-order valence-corrected chi connectivity index (χ3v) is 9.20. The van der Waals surface area contributed by atoms with Crippen molar-refractivity contribution < 1.29 is 19.5 Å². The number of pyridine rings is 1. The highest BCUT2D eigenvalue weighted by molar-refractivity contribution is 6.22. The number of carbonyl (C=O) groups excluding carboxylic acids is 2. The summed E-state index contributed by atoms with van der Waals surface area (Å²) in [5.41, 5.74) is 4.45. The number of ketones is 2. The minimum Gasteiger partial charge on any atom is -0.481 e. The van der Waals surface area contributed by atoms with Crippen molar-refractivity contribution >= 4 is 45.8 Å². The summed E-state index contributed by atoms with van der Waals surface area (Å²) in [4.78, 5) is 45.5. The van der Waals surface area contributed by atoms with E-state index in [0.29, 0.717) is 23.5 Å². The fourth-order valence-corrected chi connectivity index (χ4v) is 6.23. The number of aliphatic carboxylic acids is 1. The van der Waals surface area contributed by atoms with Gasteiger partial charge in [-0.25, -0.2) is 0 Å². The first-order valence-electron chi connectivity index (χ1n) is 18.0. The molecule has 3 radical (unpaired) electrons. The molecular weight excluding hydrogens is 615 g/mol. The number of aryl methyl sites for hydroxylation is 1. The van der Waals surface area contributed by atoms with Crippen molar-refractivity contribution in [2.45, 2.75) is 96.3 Å². The SMILES string of the molecule is O=C(O)CCCCCCC/C=C\CCCCCCCCc1cccc2cccnc12.O=C1C=C(N2CC2)C(=O)C(N2CC2)=C1N1CC1.[Al]. The highest BCUT2D eigenvalue weighted by atomic mass is 27.0. The van der Waals surface area contributed by atoms with E-state index in [0.717, 1.165) is 65.0 Å². The van der Waals surface area contributed by atoms with Gasteiger partial charge in [-0.2, -0.15) is 0 Å². The highest BCUT2D eigenvalue weighted by Crippen LogP contribution is 2.34. The van der Waals surface area contributed by atoms with Crippen LogP contribution in [0.2, 0.25) is 0 Å². The summed E-state index contributed by atoms with van der Waals surface area (Å²) >= 11 is 0. The Labute approximate surface area is 297 Å². The molecule has 4 heterocycles. The van der Waals surface area contributed by atoms with Gasteiger partial charge in [0.05, 0.1) is 11.2 Å². The monoisotopic (exact) mass is 667 g/mol. The summed E-state index contributed by atoms with van der Waals surface area (Å²) < 4.78 is 0. The molecule has 255 valence electrons. The molecule has 6 rings (SSSR count). The number of fused-ring (bicyclic) bond motifs is 1. The summed E-state index contributed by atoms with van der Waals surface area (Å²) in [7, 11) is 0. The van der Waals surface area contributed by atoms with Crippen LogP contribution in [0.4, 0.5) is 0 Å². The van der Waals surface area contributed by atoms with E-state index < -0.39 is 5.97 Å². The minimum absolute atomic E-state index is 0. The second kappa shape index (κ2) is 19.6. The van der Waals surface area contributed by atoms with Crippen LogP contribution in [0.1, 0.15) is 95.5 Å². The number of benzene rings is 1. The molecule has 0 bridgehead atoms. The third kappa shape index (κ3) is 11.9. The summed E-state index contributed by atoms with van der Waals surface area (Å²) in [6.45, 7) is 5.41. The van der Waals surface area contributed by atoms with Crippen molar-refractivity contribution in [2.75, 3.05) is 39.3 Å². The molecule has 3 aliphatic heterocycles.